The van der Waals surface area contributed by atoms with E-state index in [1.54, 1.807) is 4.90 Å². The summed E-state index contributed by atoms with van der Waals surface area (Å²) in [5.74, 6) is -1.59. The molecule has 5 nitrogen and oxygen atoms in total. The van der Waals surface area contributed by atoms with Crippen molar-refractivity contribution in [3.8, 4) is 0 Å². The van der Waals surface area contributed by atoms with Crippen LogP contribution in [0.25, 0.3) is 0 Å². The van der Waals surface area contributed by atoms with Crippen molar-refractivity contribution in [2.45, 2.75) is 19.9 Å². The van der Waals surface area contributed by atoms with E-state index in [-0.39, 0.29) is 18.4 Å². The number of likely N-dealkylation sites (tertiary alicyclic amines) is 1. The third-order valence-electron chi connectivity index (χ3n) is 3.94. The van der Waals surface area contributed by atoms with Crippen LogP contribution in [0.5, 0.6) is 0 Å². The van der Waals surface area contributed by atoms with Crippen LogP contribution in [-0.2, 0) is 9.59 Å². The Labute approximate surface area is 118 Å². The molecule has 5 heteroatoms. The van der Waals surface area contributed by atoms with E-state index in [4.69, 9.17) is 10.8 Å². The molecule has 1 amide bonds. The van der Waals surface area contributed by atoms with Crippen LogP contribution in [0.15, 0.2) is 24.3 Å². The number of benzene rings is 1. The van der Waals surface area contributed by atoms with Crippen molar-refractivity contribution in [1.29, 1.82) is 0 Å². The number of hydrogen-bond acceptors (Lipinski definition) is 3. The minimum atomic E-state index is -0.850. The minimum Gasteiger partial charge on any atom is -0.481 e. The Morgan fingerprint density at radius 1 is 1.30 bits per heavy atom. The minimum absolute atomic E-state index is 0.0401. The predicted molar refractivity (Wildman–Crippen MR) is 75.0 cm³/mol. The molecule has 1 aromatic carbocycles. The average Bonchev–Trinajstić information content (AvgIpc) is 2.80. The van der Waals surface area contributed by atoms with Gasteiger partial charge in [0.15, 0.2) is 0 Å². The van der Waals surface area contributed by atoms with Crippen LogP contribution in [0, 0.1) is 18.8 Å². The Balaban J connectivity index is 2.08. The Morgan fingerprint density at radius 2 is 1.90 bits per heavy atom. The largest absolute Gasteiger partial charge is 0.481 e. The lowest BCUT2D eigenvalue weighted by atomic mass is 9.99. The second-order valence-electron chi connectivity index (χ2n) is 5.55. The number of rotatable bonds is 3. The molecule has 0 radical (unpaired) electrons. The lowest BCUT2D eigenvalue weighted by molar-refractivity contribution is -0.142. The van der Waals surface area contributed by atoms with Crippen LogP contribution in [0.1, 0.15) is 24.1 Å². The summed E-state index contributed by atoms with van der Waals surface area (Å²) in [6.45, 7) is 4.52. The van der Waals surface area contributed by atoms with E-state index in [1.165, 1.54) is 0 Å². The number of nitrogens with two attached hydrogens (primary N) is 1. The molecule has 3 unspecified atom stereocenters. The molecule has 1 heterocycles. The predicted octanol–water partition coefficient (Wildman–Crippen LogP) is 1.17. The summed E-state index contributed by atoms with van der Waals surface area (Å²) >= 11 is 0. The zero-order valence-corrected chi connectivity index (χ0v) is 11.7. The summed E-state index contributed by atoms with van der Waals surface area (Å²) in [4.78, 5) is 25.0. The van der Waals surface area contributed by atoms with Crippen LogP contribution in [0.2, 0.25) is 0 Å². The lowest BCUT2D eigenvalue weighted by Crippen LogP contribution is -2.37. The Bertz CT molecular complexity index is 512. The van der Waals surface area contributed by atoms with Gasteiger partial charge in [-0.25, -0.2) is 0 Å². The van der Waals surface area contributed by atoms with Gasteiger partial charge in [0.1, 0.15) is 6.04 Å². The first-order valence-corrected chi connectivity index (χ1v) is 6.74. The van der Waals surface area contributed by atoms with Gasteiger partial charge < -0.3 is 15.7 Å². The fraction of sp³-hybridized carbons (Fsp3) is 0.467. The highest BCUT2D eigenvalue weighted by Gasteiger charge is 2.38. The molecule has 0 saturated carbocycles. The molecule has 1 fully saturated rings. The molecule has 0 aromatic heterocycles. The van der Waals surface area contributed by atoms with Crippen molar-refractivity contribution in [3.05, 3.63) is 35.4 Å². The van der Waals surface area contributed by atoms with Crippen molar-refractivity contribution >= 4 is 11.9 Å². The number of carboxylic acids is 1. The first-order valence-electron chi connectivity index (χ1n) is 6.74. The van der Waals surface area contributed by atoms with Gasteiger partial charge in [-0.3, -0.25) is 9.59 Å². The Kier molecular flexibility index (Phi) is 4.09. The summed E-state index contributed by atoms with van der Waals surface area (Å²) in [5.41, 5.74) is 7.86. The van der Waals surface area contributed by atoms with Crippen LogP contribution < -0.4 is 5.73 Å². The molecule has 20 heavy (non-hydrogen) atoms. The van der Waals surface area contributed by atoms with Crippen molar-refractivity contribution in [2.75, 3.05) is 13.1 Å². The summed E-state index contributed by atoms with van der Waals surface area (Å²) in [7, 11) is 0. The highest BCUT2D eigenvalue weighted by atomic mass is 16.4. The quantitative estimate of drug-likeness (QED) is 0.868. The van der Waals surface area contributed by atoms with Gasteiger partial charge in [-0.1, -0.05) is 36.8 Å². The second kappa shape index (κ2) is 5.63. The van der Waals surface area contributed by atoms with E-state index in [9.17, 15) is 9.59 Å². The van der Waals surface area contributed by atoms with Crippen molar-refractivity contribution < 1.29 is 14.7 Å². The molecule has 1 aromatic rings. The summed E-state index contributed by atoms with van der Waals surface area (Å²) < 4.78 is 0. The number of carbonyl (C=O) groups excluding carboxylic acids is 1. The number of aryl methyl sites for hydroxylation is 1. The van der Waals surface area contributed by atoms with Gasteiger partial charge in [-0.05, 0) is 18.4 Å². The van der Waals surface area contributed by atoms with Crippen molar-refractivity contribution in [1.82, 2.24) is 4.90 Å². The molecule has 1 saturated heterocycles. The standard InChI is InChI=1S/C15H20N2O3/c1-9-3-5-11(6-4-9)13(16)14(18)17-7-10(2)12(8-17)15(19)20/h3-6,10,12-13H,7-8,16H2,1-2H3,(H,19,20). The molecular formula is C15H20N2O3. The normalized spacial score (nSPS) is 23.6. The van der Waals surface area contributed by atoms with Gasteiger partial charge in [0.05, 0.1) is 5.92 Å². The molecule has 3 atom stereocenters. The average molecular weight is 276 g/mol. The second-order valence-corrected chi connectivity index (χ2v) is 5.55. The van der Waals surface area contributed by atoms with Crippen LogP contribution >= 0.6 is 0 Å². The fourth-order valence-corrected chi connectivity index (χ4v) is 2.58. The van der Waals surface area contributed by atoms with E-state index >= 15 is 0 Å². The number of aliphatic carboxylic acids is 1. The number of amides is 1. The number of carboxylic acid groups (broad SMARTS) is 1. The van der Waals surface area contributed by atoms with Gasteiger partial charge in [0.25, 0.3) is 0 Å². The third kappa shape index (κ3) is 2.82. The monoisotopic (exact) mass is 276 g/mol. The molecule has 0 spiro atoms. The third-order valence-corrected chi connectivity index (χ3v) is 3.94. The van der Waals surface area contributed by atoms with Crippen LogP contribution in [0.3, 0.4) is 0 Å². The zero-order chi connectivity index (χ0) is 14.9. The lowest BCUT2D eigenvalue weighted by Gasteiger charge is -2.21. The maximum Gasteiger partial charge on any atom is 0.308 e. The molecule has 0 bridgehead atoms. The Hall–Kier alpha value is -1.88. The number of hydrogen-bond donors (Lipinski definition) is 2. The molecular weight excluding hydrogens is 256 g/mol. The maximum atomic E-state index is 12.4. The van der Waals surface area contributed by atoms with Gasteiger partial charge in [0.2, 0.25) is 5.91 Å². The fourth-order valence-electron chi connectivity index (χ4n) is 2.58. The first kappa shape index (κ1) is 14.5. The van der Waals surface area contributed by atoms with E-state index in [0.29, 0.717) is 6.54 Å². The van der Waals surface area contributed by atoms with Crippen molar-refractivity contribution in [3.63, 3.8) is 0 Å². The summed E-state index contributed by atoms with van der Waals surface area (Å²) in [6.07, 6.45) is 0. The Morgan fingerprint density at radius 3 is 2.40 bits per heavy atom. The number of nitrogens with zero attached hydrogens (tertiary/aromatic N) is 1. The summed E-state index contributed by atoms with van der Waals surface area (Å²) in [6, 6.07) is 6.78. The maximum absolute atomic E-state index is 12.4. The SMILES string of the molecule is Cc1ccc(C(N)C(=O)N2CC(C)C(C(=O)O)C2)cc1. The molecule has 1 aliphatic heterocycles. The van der Waals surface area contributed by atoms with Crippen LogP contribution in [0.4, 0.5) is 0 Å². The van der Waals surface area contributed by atoms with Gasteiger partial charge >= 0.3 is 5.97 Å². The summed E-state index contributed by atoms with van der Waals surface area (Å²) in [5, 5.41) is 9.10. The smallest absolute Gasteiger partial charge is 0.308 e. The molecule has 3 N–H and O–H groups in total. The van der Waals surface area contributed by atoms with Gasteiger partial charge in [-0.2, -0.15) is 0 Å². The van der Waals surface area contributed by atoms with Crippen LogP contribution in [-0.4, -0.2) is 35.0 Å². The molecule has 0 aliphatic carbocycles. The highest BCUT2D eigenvalue weighted by molar-refractivity contribution is 5.84. The van der Waals surface area contributed by atoms with E-state index < -0.39 is 17.9 Å². The molecule has 2 rings (SSSR count). The van der Waals surface area contributed by atoms with E-state index in [2.05, 4.69) is 0 Å². The van der Waals surface area contributed by atoms with Crippen molar-refractivity contribution in [2.24, 2.45) is 17.6 Å². The highest BCUT2D eigenvalue weighted by Crippen LogP contribution is 2.25. The van der Waals surface area contributed by atoms with E-state index in [1.807, 2.05) is 38.1 Å². The zero-order valence-electron chi connectivity index (χ0n) is 11.7. The topological polar surface area (TPSA) is 83.6 Å². The van der Waals surface area contributed by atoms with E-state index in [0.717, 1.165) is 11.1 Å². The molecule has 108 valence electrons. The first-order chi connectivity index (χ1) is 9.40. The number of carbonyl (C=O) groups is 2. The molecule has 1 aliphatic rings. The van der Waals surface area contributed by atoms with Gasteiger partial charge in [0, 0.05) is 13.1 Å². The van der Waals surface area contributed by atoms with Gasteiger partial charge in [-0.15, -0.1) is 0 Å².